The van der Waals surface area contributed by atoms with Crippen molar-refractivity contribution in [2.24, 2.45) is 5.41 Å². The molecule has 96 valence electrons. The van der Waals surface area contributed by atoms with Gasteiger partial charge in [0.15, 0.2) is 0 Å². The number of rotatable bonds is 6. The van der Waals surface area contributed by atoms with Crippen molar-refractivity contribution in [3.63, 3.8) is 0 Å². The molecule has 0 aliphatic rings. The van der Waals surface area contributed by atoms with Crippen LogP contribution in [0.15, 0.2) is 18.2 Å². The maximum atomic E-state index is 6.14. The van der Waals surface area contributed by atoms with Crippen molar-refractivity contribution in [2.45, 2.75) is 40.0 Å². The molecule has 2 heteroatoms. The van der Waals surface area contributed by atoms with Gasteiger partial charge >= 0.3 is 0 Å². The van der Waals surface area contributed by atoms with Crippen LogP contribution in [0.3, 0.4) is 0 Å². The molecular formula is C15H22Cl2. The molecule has 0 unspecified atom stereocenters. The summed E-state index contributed by atoms with van der Waals surface area (Å²) in [5.41, 5.74) is 4.09. The van der Waals surface area contributed by atoms with Gasteiger partial charge in [0, 0.05) is 17.2 Å². The Morgan fingerprint density at radius 3 is 2.18 bits per heavy atom. The van der Waals surface area contributed by atoms with E-state index in [-0.39, 0.29) is 5.41 Å². The second kappa shape index (κ2) is 6.66. The second-order valence-electron chi connectivity index (χ2n) is 5.11. The highest BCUT2D eigenvalue weighted by molar-refractivity contribution is 6.21. The maximum Gasteiger partial charge on any atom is 0.0294 e. The second-order valence-corrected chi connectivity index (χ2v) is 5.65. The highest BCUT2D eigenvalue weighted by atomic mass is 35.5. The Labute approximate surface area is 115 Å². The number of aryl methyl sites for hydroxylation is 2. The van der Waals surface area contributed by atoms with Crippen LogP contribution >= 0.6 is 23.2 Å². The molecule has 1 aromatic rings. The minimum absolute atomic E-state index is 0.0551. The Morgan fingerprint density at radius 2 is 1.71 bits per heavy atom. The average Bonchev–Trinajstić information content (AvgIpc) is 2.33. The normalized spacial score (nSPS) is 11.8. The molecule has 0 amide bonds. The monoisotopic (exact) mass is 272 g/mol. The van der Waals surface area contributed by atoms with Gasteiger partial charge in [-0.3, -0.25) is 0 Å². The molecule has 0 bridgehead atoms. The summed E-state index contributed by atoms with van der Waals surface area (Å²) in [5.74, 6) is 1.27. The van der Waals surface area contributed by atoms with Gasteiger partial charge in [0.1, 0.15) is 0 Å². The highest BCUT2D eigenvalue weighted by Crippen LogP contribution is 2.32. The summed E-state index contributed by atoms with van der Waals surface area (Å²) in [6.07, 6.45) is 3.20. The van der Waals surface area contributed by atoms with Crippen LogP contribution in [0.1, 0.15) is 36.5 Å². The third kappa shape index (κ3) is 3.89. The minimum atomic E-state index is 0.0551. The fraction of sp³-hybridized carbons (Fsp3) is 0.600. The lowest BCUT2D eigenvalue weighted by Crippen LogP contribution is -2.28. The number of alkyl halides is 2. The van der Waals surface area contributed by atoms with E-state index in [2.05, 4.69) is 39.0 Å². The summed E-state index contributed by atoms with van der Waals surface area (Å²) in [5, 5.41) is 0. The van der Waals surface area contributed by atoms with Crippen molar-refractivity contribution in [1.82, 2.24) is 0 Å². The van der Waals surface area contributed by atoms with Crippen LogP contribution in [-0.2, 0) is 6.42 Å². The zero-order valence-electron chi connectivity index (χ0n) is 11.0. The zero-order valence-corrected chi connectivity index (χ0v) is 12.5. The van der Waals surface area contributed by atoms with Gasteiger partial charge in [-0.25, -0.2) is 0 Å². The third-order valence-electron chi connectivity index (χ3n) is 3.50. The van der Waals surface area contributed by atoms with E-state index in [0.717, 1.165) is 19.3 Å². The maximum absolute atomic E-state index is 6.14. The summed E-state index contributed by atoms with van der Waals surface area (Å²) >= 11 is 12.3. The molecule has 1 aromatic carbocycles. The molecule has 0 aliphatic heterocycles. The number of hydrogen-bond acceptors (Lipinski definition) is 0. The summed E-state index contributed by atoms with van der Waals surface area (Å²) in [7, 11) is 0. The summed E-state index contributed by atoms with van der Waals surface area (Å²) in [6.45, 7) is 6.48. The van der Waals surface area contributed by atoms with Crippen LogP contribution in [0.25, 0.3) is 0 Å². The summed E-state index contributed by atoms with van der Waals surface area (Å²) in [4.78, 5) is 0. The Bertz CT molecular complexity index is 354. The first-order chi connectivity index (χ1) is 8.06. The summed E-state index contributed by atoms with van der Waals surface area (Å²) < 4.78 is 0. The van der Waals surface area contributed by atoms with E-state index in [4.69, 9.17) is 23.2 Å². The minimum Gasteiger partial charge on any atom is -0.126 e. The molecular weight excluding hydrogens is 251 g/mol. The van der Waals surface area contributed by atoms with E-state index in [1.54, 1.807) is 0 Å². The molecule has 0 radical (unpaired) electrons. The van der Waals surface area contributed by atoms with E-state index in [0.29, 0.717) is 11.8 Å². The van der Waals surface area contributed by atoms with Crippen molar-refractivity contribution in [3.05, 3.63) is 34.9 Å². The largest absolute Gasteiger partial charge is 0.126 e. The first-order valence-corrected chi connectivity index (χ1v) is 7.32. The van der Waals surface area contributed by atoms with Gasteiger partial charge < -0.3 is 0 Å². The van der Waals surface area contributed by atoms with Crippen molar-refractivity contribution in [3.8, 4) is 0 Å². The summed E-state index contributed by atoms with van der Waals surface area (Å²) in [6, 6.07) is 6.65. The Hall–Kier alpha value is -0.200. The lowest BCUT2D eigenvalue weighted by atomic mass is 9.81. The van der Waals surface area contributed by atoms with E-state index < -0.39 is 0 Å². The third-order valence-corrected chi connectivity index (χ3v) is 4.63. The Balaban J connectivity index is 2.89. The van der Waals surface area contributed by atoms with Crippen molar-refractivity contribution in [2.75, 3.05) is 11.8 Å². The van der Waals surface area contributed by atoms with Crippen LogP contribution in [0.4, 0.5) is 0 Å². The first kappa shape index (κ1) is 14.9. The molecule has 0 aliphatic carbocycles. The van der Waals surface area contributed by atoms with Gasteiger partial charge in [-0.1, -0.05) is 31.5 Å². The van der Waals surface area contributed by atoms with Crippen LogP contribution in [-0.4, -0.2) is 11.8 Å². The van der Waals surface area contributed by atoms with Gasteiger partial charge in [-0.15, -0.1) is 23.2 Å². The number of benzene rings is 1. The molecule has 0 N–H and O–H groups in total. The number of hydrogen-bond donors (Lipinski definition) is 0. The van der Waals surface area contributed by atoms with Gasteiger partial charge in [-0.2, -0.15) is 0 Å². The fourth-order valence-electron chi connectivity index (χ4n) is 2.23. The fourth-order valence-corrected chi connectivity index (χ4v) is 2.97. The van der Waals surface area contributed by atoms with Crippen molar-refractivity contribution in [1.29, 1.82) is 0 Å². The van der Waals surface area contributed by atoms with Crippen LogP contribution in [0.2, 0.25) is 0 Å². The lowest BCUT2D eigenvalue weighted by Gasteiger charge is -2.29. The number of halogens is 2. The molecule has 0 heterocycles. The topological polar surface area (TPSA) is 0 Å². The quantitative estimate of drug-likeness (QED) is 0.632. The zero-order chi connectivity index (χ0) is 12.9. The molecule has 0 aromatic heterocycles. The molecule has 1 rings (SSSR count). The SMILES string of the molecule is CCCC(CCl)(CCl)Cc1ccc(C)c(C)c1. The van der Waals surface area contributed by atoms with E-state index in [1.807, 2.05) is 0 Å². The highest BCUT2D eigenvalue weighted by Gasteiger charge is 2.27. The van der Waals surface area contributed by atoms with E-state index >= 15 is 0 Å². The van der Waals surface area contributed by atoms with Gasteiger partial charge in [0.25, 0.3) is 0 Å². The van der Waals surface area contributed by atoms with Gasteiger partial charge in [-0.05, 0) is 43.4 Å². The van der Waals surface area contributed by atoms with Crippen molar-refractivity contribution >= 4 is 23.2 Å². The molecule has 0 atom stereocenters. The lowest BCUT2D eigenvalue weighted by molar-refractivity contribution is 0.341. The van der Waals surface area contributed by atoms with Gasteiger partial charge in [0.05, 0.1) is 0 Å². The van der Waals surface area contributed by atoms with Crippen LogP contribution < -0.4 is 0 Å². The average molecular weight is 273 g/mol. The van der Waals surface area contributed by atoms with E-state index in [1.165, 1.54) is 16.7 Å². The molecule has 0 spiro atoms. The molecule has 0 fully saturated rings. The van der Waals surface area contributed by atoms with Gasteiger partial charge in [0.2, 0.25) is 0 Å². The Kier molecular flexibility index (Phi) is 5.82. The predicted octanol–water partition coefficient (Wildman–Crippen LogP) is 5.11. The van der Waals surface area contributed by atoms with Crippen LogP contribution in [0, 0.1) is 19.3 Å². The smallest absolute Gasteiger partial charge is 0.0294 e. The Morgan fingerprint density at radius 1 is 1.06 bits per heavy atom. The van der Waals surface area contributed by atoms with Crippen LogP contribution in [0.5, 0.6) is 0 Å². The van der Waals surface area contributed by atoms with Crippen molar-refractivity contribution < 1.29 is 0 Å². The molecule has 0 saturated heterocycles. The predicted molar refractivity (Wildman–Crippen MR) is 78.4 cm³/mol. The molecule has 0 nitrogen and oxygen atoms in total. The first-order valence-electron chi connectivity index (χ1n) is 6.25. The molecule has 17 heavy (non-hydrogen) atoms. The standard InChI is InChI=1S/C15H22Cl2/c1-4-7-15(10-16,11-17)9-14-6-5-12(2)13(3)8-14/h5-6,8H,4,7,9-11H2,1-3H3. The van der Waals surface area contributed by atoms with E-state index in [9.17, 15) is 0 Å². The molecule has 0 saturated carbocycles.